The summed E-state index contributed by atoms with van der Waals surface area (Å²) in [7, 11) is 0. The number of hydrogen-bond acceptors (Lipinski definition) is 4. The molecule has 25 heavy (non-hydrogen) atoms. The Balaban J connectivity index is 1.94. The van der Waals surface area contributed by atoms with E-state index in [-0.39, 0.29) is 12.5 Å². The van der Waals surface area contributed by atoms with Gasteiger partial charge in [0.1, 0.15) is 0 Å². The number of rotatable bonds is 6. The second-order valence-corrected chi connectivity index (χ2v) is 6.67. The molecule has 3 amide bonds. The molecular formula is C17H25ClN4O3. The molecule has 1 aromatic rings. The Labute approximate surface area is 152 Å². The van der Waals surface area contributed by atoms with Gasteiger partial charge in [-0.25, -0.2) is 4.79 Å². The van der Waals surface area contributed by atoms with Gasteiger partial charge in [0.25, 0.3) is 5.91 Å². The van der Waals surface area contributed by atoms with Crippen LogP contribution in [-0.4, -0.2) is 48.8 Å². The Morgan fingerprint density at radius 2 is 2.16 bits per heavy atom. The second kappa shape index (κ2) is 9.03. The van der Waals surface area contributed by atoms with Crippen LogP contribution in [0.25, 0.3) is 0 Å². The summed E-state index contributed by atoms with van der Waals surface area (Å²) >= 11 is 6.09. The largest absolute Gasteiger partial charge is 0.387 e. The molecule has 7 nitrogen and oxygen atoms in total. The van der Waals surface area contributed by atoms with Gasteiger partial charge in [0, 0.05) is 25.2 Å². The first-order chi connectivity index (χ1) is 11.9. The topological polar surface area (TPSA) is 102 Å². The van der Waals surface area contributed by atoms with Gasteiger partial charge < -0.3 is 26.4 Å². The van der Waals surface area contributed by atoms with E-state index >= 15 is 0 Å². The minimum Gasteiger partial charge on any atom is -0.387 e. The van der Waals surface area contributed by atoms with E-state index in [9.17, 15) is 14.7 Å². The number of β-amino-alcohol motifs (C(OH)–C–C–N with tert-alkyl or cyclic N) is 1. The molecule has 0 aromatic heterocycles. The fourth-order valence-electron chi connectivity index (χ4n) is 2.62. The van der Waals surface area contributed by atoms with Crippen LogP contribution in [0.5, 0.6) is 0 Å². The van der Waals surface area contributed by atoms with Crippen molar-refractivity contribution in [2.75, 3.05) is 31.5 Å². The summed E-state index contributed by atoms with van der Waals surface area (Å²) in [5, 5.41) is 21.8. The molecule has 1 heterocycles. The summed E-state index contributed by atoms with van der Waals surface area (Å²) in [5.41, 5.74) is -0.179. The predicted octanol–water partition coefficient (Wildman–Crippen LogP) is 1.72. The summed E-state index contributed by atoms with van der Waals surface area (Å²) in [5.74, 6) is -0.218. The molecule has 8 heteroatoms. The van der Waals surface area contributed by atoms with Crippen molar-refractivity contribution in [3.05, 3.63) is 28.8 Å². The lowest BCUT2D eigenvalue weighted by atomic mass is 9.94. The van der Waals surface area contributed by atoms with E-state index in [0.717, 1.165) is 19.4 Å². The summed E-state index contributed by atoms with van der Waals surface area (Å²) in [6.45, 7) is 4.00. The molecular weight excluding hydrogens is 344 g/mol. The highest BCUT2D eigenvalue weighted by Crippen LogP contribution is 2.23. The van der Waals surface area contributed by atoms with Crippen molar-refractivity contribution in [2.45, 2.75) is 31.8 Å². The second-order valence-electron chi connectivity index (χ2n) is 6.26. The van der Waals surface area contributed by atoms with Crippen LogP contribution in [0.2, 0.25) is 5.02 Å². The average molecular weight is 369 g/mol. The van der Waals surface area contributed by atoms with Gasteiger partial charge in [0.2, 0.25) is 0 Å². The predicted molar refractivity (Wildman–Crippen MR) is 98.2 cm³/mol. The van der Waals surface area contributed by atoms with E-state index in [0.29, 0.717) is 35.8 Å². The van der Waals surface area contributed by atoms with Gasteiger partial charge in [-0.05, 0) is 44.0 Å². The minimum absolute atomic E-state index is 0.139. The molecule has 0 aliphatic carbocycles. The molecule has 0 saturated carbocycles. The first-order valence-corrected chi connectivity index (χ1v) is 8.87. The number of amides is 3. The van der Waals surface area contributed by atoms with Crippen LogP contribution < -0.4 is 21.3 Å². The van der Waals surface area contributed by atoms with Crippen molar-refractivity contribution >= 4 is 29.2 Å². The van der Waals surface area contributed by atoms with Crippen LogP contribution in [0.3, 0.4) is 0 Å². The lowest BCUT2D eigenvalue weighted by Crippen LogP contribution is -2.53. The maximum Gasteiger partial charge on any atom is 0.319 e. The number of benzene rings is 1. The highest BCUT2D eigenvalue weighted by atomic mass is 35.5. The molecule has 1 aromatic carbocycles. The number of urea groups is 1. The van der Waals surface area contributed by atoms with Crippen LogP contribution in [0.15, 0.2) is 18.2 Å². The fourth-order valence-corrected chi connectivity index (χ4v) is 2.78. The third-order valence-electron chi connectivity index (χ3n) is 4.04. The third kappa shape index (κ3) is 5.88. The normalized spacial score (nSPS) is 20.0. The first-order valence-electron chi connectivity index (χ1n) is 8.49. The SMILES string of the molecule is CCCNC(=O)c1ccc(Cl)c(NC(=O)NC[C@@]2(O)CCCNC2)c1. The van der Waals surface area contributed by atoms with Crippen LogP contribution in [0.4, 0.5) is 10.5 Å². The summed E-state index contributed by atoms with van der Waals surface area (Å²) in [4.78, 5) is 24.1. The number of halogens is 1. The van der Waals surface area contributed by atoms with E-state index < -0.39 is 11.6 Å². The maximum absolute atomic E-state index is 12.1. The van der Waals surface area contributed by atoms with Crippen molar-refractivity contribution in [3.8, 4) is 0 Å². The summed E-state index contributed by atoms with van der Waals surface area (Å²) < 4.78 is 0. The zero-order chi connectivity index (χ0) is 18.3. The highest BCUT2D eigenvalue weighted by molar-refractivity contribution is 6.33. The molecule has 2 rings (SSSR count). The molecule has 1 aliphatic rings. The van der Waals surface area contributed by atoms with Crippen LogP contribution in [0, 0.1) is 0 Å². The Kier molecular flexibility index (Phi) is 7.04. The summed E-state index contributed by atoms with van der Waals surface area (Å²) in [6, 6.07) is 4.22. The van der Waals surface area contributed by atoms with Crippen molar-refractivity contribution < 1.29 is 14.7 Å². The van der Waals surface area contributed by atoms with E-state index in [4.69, 9.17) is 11.6 Å². The maximum atomic E-state index is 12.1. The van der Waals surface area contributed by atoms with Crippen molar-refractivity contribution in [2.24, 2.45) is 0 Å². The highest BCUT2D eigenvalue weighted by Gasteiger charge is 2.29. The van der Waals surface area contributed by atoms with Gasteiger partial charge >= 0.3 is 6.03 Å². The van der Waals surface area contributed by atoms with Gasteiger partial charge in [-0.1, -0.05) is 18.5 Å². The van der Waals surface area contributed by atoms with Gasteiger partial charge in [0.15, 0.2) is 0 Å². The van der Waals surface area contributed by atoms with Crippen LogP contribution >= 0.6 is 11.6 Å². The number of aliphatic hydroxyl groups is 1. The van der Waals surface area contributed by atoms with Crippen LogP contribution in [-0.2, 0) is 0 Å². The summed E-state index contributed by atoms with van der Waals surface area (Å²) in [6.07, 6.45) is 2.33. The van der Waals surface area contributed by atoms with E-state index in [1.54, 1.807) is 12.1 Å². The minimum atomic E-state index is -0.943. The molecule has 1 fully saturated rings. The Morgan fingerprint density at radius 3 is 2.84 bits per heavy atom. The third-order valence-corrected chi connectivity index (χ3v) is 4.37. The number of anilines is 1. The molecule has 0 bridgehead atoms. The standard InChI is InChI=1S/C17H25ClN4O3/c1-2-7-20-15(23)12-4-5-13(18)14(9-12)22-16(24)21-11-17(25)6-3-8-19-10-17/h4-5,9,19,25H,2-3,6-8,10-11H2,1H3,(H,20,23)(H2,21,22,24)/t17-/m1/s1. The monoisotopic (exact) mass is 368 g/mol. The molecule has 1 saturated heterocycles. The number of nitrogens with one attached hydrogen (secondary N) is 4. The van der Waals surface area contributed by atoms with E-state index in [1.165, 1.54) is 6.07 Å². The van der Waals surface area contributed by atoms with E-state index in [1.807, 2.05) is 6.92 Å². The van der Waals surface area contributed by atoms with Gasteiger partial charge in [-0.15, -0.1) is 0 Å². The number of carbonyl (C=O) groups excluding carboxylic acids is 2. The molecule has 5 N–H and O–H groups in total. The Bertz CT molecular complexity index is 618. The molecule has 1 aliphatic heterocycles. The number of carbonyl (C=O) groups is 2. The zero-order valence-corrected chi connectivity index (χ0v) is 15.1. The molecule has 138 valence electrons. The van der Waals surface area contributed by atoms with Gasteiger partial charge in [-0.2, -0.15) is 0 Å². The van der Waals surface area contributed by atoms with Crippen molar-refractivity contribution in [1.29, 1.82) is 0 Å². The lowest BCUT2D eigenvalue weighted by molar-refractivity contribution is 0.0198. The average Bonchev–Trinajstić information content (AvgIpc) is 2.60. The Morgan fingerprint density at radius 1 is 1.36 bits per heavy atom. The Hall–Kier alpha value is -1.83. The van der Waals surface area contributed by atoms with Gasteiger partial charge in [-0.3, -0.25) is 4.79 Å². The smallest absolute Gasteiger partial charge is 0.319 e. The lowest BCUT2D eigenvalue weighted by Gasteiger charge is -2.32. The van der Waals surface area contributed by atoms with E-state index in [2.05, 4.69) is 21.3 Å². The molecule has 0 radical (unpaired) electrons. The number of piperidine rings is 1. The first kappa shape index (κ1) is 19.5. The molecule has 1 atom stereocenters. The van der Waals surface area contributed by atoms with Crippen LogP contribution in [0.1, 0.15) is 36.5 Å². The molecule has 0 unspecified atom stereocenters. The fraction of sp³-hybridized carbons (Fsp3) is 0.529. The van der Waals surface area contributed by atoms with Crippen molar-refractivity contribution in [1.82, 2.24) is 16.0 Å². The van der Waals surface area contributed by atoms with Gasteiger partial charge in [0.05, 0.1) is 16.3 Å². The van der Waals surface area contributed by atoms with Crippen molar-refractivity contribution in [3.63, 3.8) is 0 Å². The quantitative estimate of drug-likeness (QED) is 0.527. The number of hydrogen-bond donors (Lipinski definition) is 5. The molecule has 0 spiro atoms. The zero-order valence-electron chi connectivity index (χ0n) is 14.3.